The summed E-state index contributed by atoms with van der Waals surface area (Å²) >= 11 is 2.23. The lowest BCUT2D eigenvalue weighted by molar-refractivity contribution is -0.117. The van der Waals surface area contributed by atoms with Gasteiger partial charge in [-0.1, -0.05) is 29.5 Å². The van der Waals surface area contributed by atoms with Crippen LogP contribution < -0.4 is 4.90 Å². The molecular formula is C23H13FN2O5S2. The van der Waals surface area contributed by atoms with Crippen molar-refractivity contribution in [1.82, 2.24) is 4.98 Å². The van der Waals surface area contributed by atoms with Crippen molar-refractivity contribution >= 4 is 55.7 Å². The maximum Gasteiger partial charge on any atom is 0.335 e. The van der Waals surface area contributed by atoms with E-state index in [0.717, 1.165) is 11.3 Å². The zero-order valence-corrected chi connectivity index (χ0v) is 18.2. The molecule has 0 saturated carbocycles. The molecule has 33 heavy (non-hydrogen) atoms. The SMILES string of the molecule is O=C(O)c1ccc2nc(N3C(=O)C(O)=C(C(=O)c4cccs4)[C@H]3c3ccc(F)cc3)sc2c1. The first-order chi connectivity index (χ1) is 15.8. The van der Waals surface area contributed by atoms with E-state index in [4.69, 9.17) is 0 Å². The van der Waals surface area contributed by atoms with Gasteiger partial charge in [0, 0.05) is 0 Å². The summed E-state index contributed by atoms with van der Waals surface area (Å²) in [5.41, 5.74) is 0.817. The lowest BCUT2D eigenvalue weighted by atomic mass is 9.95. The standard InChI is InChI=1S/C23H13FN2O5S2/c24-13-6-3-11(4-7-13)18-17(19(27)15-2-1-9-32-15)20(28)21(29)26(18)23-25-14-8-5-12(22(30)31)10-16(14)33-23/h1-10,18,28H,(H,30,31)/t18-/m1/s1. The number of aromatic nitrogens is 1. The number of thiophene rings is 1. The Kier molecular flexibility index (Phi) is 5.03. The first-order valence-electron chi connectivity index (χ1n) is 9.59. The molecule has 7 nitrogen and oxygen atoms in total. The number of aliphatic hydroxyl groups excluding tert-OH is 1. The van der Waals surface area contributed by atoms with Gasteiger partial charge >= 0.3 is 5.97 Å². The molecule has 2 aromatic carbocycles. The lowest BCUT2D eigenvalue weighted by Crippen LogP contribution is -2.30. The van der Waals surface area contributed by atoms with E-state index in [1.165, 1.54) is 58.7 Å². The van der Waals surface area contributed by atoms with Crippen LogP contribution in [0.5, 0.6) is 0 Å². The number of anilines is 1. The van der Waals surface area contributed by atoms with Crippen LogP contribution in [0.25, 0.3) is 10.2 Å². The molecule has 0 radical (unpaired) electrons. The molecule has 3 heterocycles. The third-order valence-electron chi connectivity index (χ3n) is 5.21. The number of halogens is 1. The van der Waals surface area contributed by atoms with Crippen LogP contribution in [-0.4, -0.2) is 32.9 Å². The molecule has 0 fully saturated rings. The van der Waals surface area contributed by atoms with Gasteiger partial charge in [0.05, 0.1) is 32.3 Å². The maximum absolute atomic E-state index is 13.6. The minimum Gasteiger partial charge on any atom is -0.503 e. The Balaban J connectivity index is 1.67. The van der Waals surface area contributed by atoms with Gasteiger partial charge in [-0.3, -0.25) is 14.5 Å². The first kappa shape index (κ1) is 21.0. The van der Waals surface area contributed by atoms with E-state index >= 15 is 0 Å². The molecule has 2 aromatic heterocycles. The highest BCUT2D eigenvalue weighted by molar-refractivity contribution is 7.22. The fourth-order valence-electron chi connectivity index (χ4n) is 3.68. The predicted molar refractivity (Wildman–Crippen MR) is 122 cm³/mol. The van der Waals surface area contributed by atoms with Crippen molar-refractivity contribution in [3.8, 4) is 0 Å². The fraction of sp³-hybridized carbons (Fsp3) is 0.0435. The number of Topliss-reactive ketones (excluding diaryl/α,β-unsaturated/α-hetero) is 1. The normalized spacial score (nSPS) is 16.1. The largest absolute Gasteiger partial charge is 0.503 e. The Morgan fingerprint density at radius 3 is 2.52 bits per heavy atom. The molecule has 1 aliphatic rings. The number of nitrogens with zero attached hydrogens (tertiary/aromatic N) is 2. The number of carboxylic acid groups (broad SMARTS) is 1. The van der Waals surface area contributed by atoms with Crippen molar-refractivity contribution in [3.05, 3.63) is 93.1 Å². The average molecular weight is 480 g/mol. The Bertz CT molecular complexity index is 1460. The van der Waals surface area contributed by atoms with Gasteiger partial charge in [0.1, 0.15) is 5.82 Å². The average Bonchev–Trinajstić information content (AvgIpc) is 3.52. The van der Waals surface area contributed by atoms with E-state index in [0.29, 0.717) is 20.7 Å². The molecule has 0 unspecified atom stereocenters. The van der Waals surface area contributed by atoms with Crippen LogP contribution in [0.15, 0.2) is 71.3 Å². The smallest absolute Gasteiger partial charge is 0.335 e. The van der Waals surface area contributed by atoms with Crippen molar-refractivity contribution in [2.24, 2.45) is 0 Å². The number of aliphatic hydroxyl groups is 1. The third kappa shape index (κ3) is 3.49. The van der Waals surface area contributed by atoms with Gasteiger partial charge in [-0.05, 0) is 47.3 Å². The number of benzene rings is 2. The van der Waals surface area contributed by atoms with Crippen molar-refractivity contribution < 1.29 is 29.0 Å². The highest BCUT2D eigenvalue weighted by atomic mass is 32.1. The van der Waals surface area contributed by atoms with Crippen LogP contribution in [0.1, 0.15) is 31.6 Å². The molecule has 0 bridgehead atoms. The molecule has 0 spiro atoms. The summed E-state index contributed by atoms with van der Waals surface area (Å²) in [5.74, 6) is -3.62. The minimum atomic E-state index is -1.10. The molecule has 1 atom stereocenters. The van der Waals surface area contributed by atoms with Crippen LogP contribution in [0.2, 0.25) is 0 Å². The van der Waals surface area contributed by atoms with E-state index < -0.39 is 35.3 Å². The number of fused-ring (bicyclic) bond motifs is 1. The van der Waals surface area contributed by atoms with Crippen LogP contribution in [0, 0.1) is 5.82 Å². The quantitative estimate of drug-likeness (QED) is 0.390. The molecule has 5 rings (SSSR count). The Hall–Kier alpha value is -3.89. The van der Waals surface area contributed by atoms with Crippen molar-refractivity contribution in [3.63, 3.8) is 0 Å². The molecular weight excluding hydrogens is 467 g/mol. The second-order valence-corrected chi connectivity index (χ2v) is 9.14. The van der Waals surface area contributed by atoms with E-state index in [9.17, 15) is 29.0 Å². The Morgan fingerprint density at radius 2 is 1.85 bits per heavy atom. The molecule has 1 amide bonds. The second-order valence-electron chi connectivity index (χ2n) is 7.18. The number of amides is 1. The van der Waals surface area contributed by atoms with Gasteiger partial charge in [-0.15, -0.1) is 11.3 Å². The number of carbonyl (C=O) groups excluding carboxylic acids is 2. The Morgan fingerprint density at radius 1 is 1.09 bits per heavy atom. The van der Waals surface area contributed by atoms with Crippen LogP contribution >= 0.6 is 22.7 Å². The van der Waals surface area contributed by atoms with E-state index in [1.54, 1.807) is 17.5 Å². The van der Waals surface area contributed by atoms with Crippen LogP contribution in [0.4, 0.5) is 9.52 Å². The molecule has 0 saturated heterocycles. The van der Waals surface area contributed by atoms with Gasteiger partial charge in [0.2, 0.25) is 5.78 Å². The van der Waals surface area contributed by atoms with Gasteiger partial charge in [-0.25, -0.2) is 14.2 Å². The summed E-state index contributed by atoms with van der Waals surface area (Å²) in [6.45, 7) is 0. The lowest BCUT2D eigenvalue weighted by Gasteiger charge is -2.24. The number of aromatic carboxylic acids is 1. The summed E-state index contributed by atoms with van der Waals surface area (Å²) < 4.78 is 14.1. The topological polar surface area (TPSA) is 108 Å². The molecule has 10 heteroatoms. The fourth-order valence-corrected chi connectivity index (χ4v) is 5.39. The minimum absolute atomic E-state index is 0.0649. The van der Waals surface area contributed by atoms with E-state index in [-0.39, 0.29) is 16.3 Å². The predicted octanol–water partition coefficient (Wildman–Crippen LogP) is 4.98. The second kappa shape index (κ2) is 7.91. The van der Waals surface area contributed by atoms with Gasteiger partial charge in [0.25, 0.3) is 5.91 Å². The number of rotatable bonds is 5. The van der Waals surface area contributed by atoms with Crippen LogP contribution in [-0.2, 0) is 4.79 Å². The van der Waals surface area contributed by atoms with Gasteiger partial charge < -0.3 is 10.2 Å². The monoisotopic (exact) mass is 480 g/mol. The number of hydrogen-bond acceptors (Lipinski definition) is 7. The Labute approximate surface area is 193 Å². The summed E-state index contributed by atoms with van der Waals surface area (Å²) in [4.78, 5) is 43.7. The van der Waals surface area contributed by atoms with Crippen molar-refractivity contribution in [2.75, 3.05) is 4.90 Å². The van der Waals surface area contributed by atoms with Crippen LogP contribution in [0.3, 0.4) is 0 Å². The summed E-state index contributed by atoms with van der Waals surface area (Å²) in [5, 5.41) is 21.9. The van der Waals surface area contributed by atoms with Crippen molar-refractivity contribution in [2.45, 2.75) is 6.04 Å². The molecule has 4 aromatic rings. The summed E-state index contributed by atoms with van der Waals surface area (Å²) in [6.07, 6.45) is 0. The summed E-state index contributed by atoms with van der Waals surface area (Å²) in [6, 6.07) is 11.9. The third-order valence-corrected chi connectivity index (χ3v) is 7.10. The van der Waals surface area contributed by atoms with Gasteiger partial charge in [-0.2, -0.15) is 0 Å². The molecule has 164 valence electrons. The zero-order chi connectivity index (χ0) is 23.3. The van der Waals surface area contributed by atoms with Crippen molar-refractivity contribution in [1.29, 1.82) is 0 Å². The number of thiazole rings is 1. The van der Waals surface area contributed by atoms with Gasteiger partial charge in [0.15, 0.2) is 10.9 Å². The molecule has 0 aliphatic carbocycles. The zero-order valence-electron chi connectivity index (χ0n) is 16.6. The molecule has 1 aliphatic heterocycles. The first-order valence-corrected chi connectivity index (χ1v) is 11.3. The molecule has 2 N–H and O–H groups in total. The highest BCUT2D eigenvalue weighted by Crippen LogP contribution is 2.44. The number of carboxylic acids is 1. The maximum atomic E-state index is 13.6. The summed E-state index contributed by atoms with van der Waals surface area (Å²) in [7, 11) is 0. The number of hydrogen-bond donors (Lipinski definition) is 2. The number of ketones is 1. The number of carbonyl (C=O) groups is 3. The van der Waals surface area contributed by atoms with E-state index in [1.807, 2.05) is 0 Å². The highest BCUT2D eigenvalue weighted by Gasteiger charge is 2.46. The van der Waals surface area contributed by atoms with E-state index in [2.05, 4.69) is 4.98 Å².